The number of halogens is 3. The van der Waals surface area contributed by atoms with Crippen LogP contribution in [0.25, 0.3) is 33.3 Å². The molecular weight excluding hydrogens is 421 g/mol. The van der Waals surface area contributed by atoms with E-state index in [0.717, 1.165) is 13.8 Å². The van der Waals surface area contributed by atoms with Crippen LogP contribution in [0.4, 0.5) is 13.2 Å². The van der Waals surface area contributed by atoms with Gasteiger partial charge in [0, 0.05) is 31.9 Å². The van der Waals surface area contributed by atoms with Gasteiger partial charge in [-0.15, -0.1) is 0 Å². The number of hydrogen-bond acceptors (Lipinski definition) is 1. The number of rotatable bonds is 3. The Morgan fingerprint density at radius 2 is 1.61 bits per heavy atom. The Morgan fingerprint density at radius 3 is 2.24 bits per heavy atom. The quantitative estimate of drug-likeness (QED) is 0.300. The molecule has 2 nitrogen and oxygen atoms in total. The van der Waals surface area contributed by atoms with E-state index in [0.29, 0.717) is 27.7 Å². The third kappa shape index (κ3) is 3.79. The van der Waals surface area contributed by atoms with Crippen LogP contribution in [0.1, 0.15) is 44.3 Å². The smallest absolute Gasteiger partial charge is 0.256 e. The second kappa shape index (κ2) is 7.98. The highest BCUT2D eigenvalue weighted by Gasteiger charge is 2.51. The molecule has 0 unspecified atom stereocenters. The highest BCUT2D eigenvalue weighted by atomic mass is 19.4. The fraction of sp³-hybridized carbons (Fsp3) is 0.286. The Hall–Kier alpha value is -3.21. The lowest BCUT2D eigenvalue weighted by Gasteiger charge is -2.31. The summed E-state index contributed by atoms with van der Waals surface area (Å²) in [4.78, 5) is 4.30. The third-order valence-corrected chi connectivity index (χ3v) is 6.20. The molecule has 0 aliphatic heterocycles. The van der Waals surface area contributed by atoms with Gasteiger partial charge < -0.3 is 0 Å². The number of nitrogens with zero attached hydrogens (tertiary/aromatic N) is 2. The Balaban J connectivity index is 2.15. The normalized spacial score (nSPS) is 15.8. The van der Waals surface area contributed by atoms with Crippen LogP contribution in [0.2, 0.25) is 0 Å². The van der Waals surface area contributed by atoms with Crippen molar-refractivity contribution in [2.24, 2.45) is 7.05 Å². The van der Waals surface area contributed by atoms with Crippen molar-refractivity contribution in [3.05, 3.63) is 83.2 Å². The van der Waals surface area contributed by atoms with Crippen LogP contribution in [0.3, 0.4) is 0 Å². The van der Waals surface area contributed by atoms with E-state index in [1.165, 1.54) is 24.4 Å². The average molecular weight is 456 g/mol. The van der Waals surface area contributed by atoms with E-state index in [9.17, 15) is 13.2 Å². The molecule has 5 heteroatoms. The minimum absolute atomic E-state index is 0.0242. The number of alkyl halides is 3. The lowest BCUT2D eigenvalue weighted by atomic mass is 9.76. The Labute approximate surface area is 201 Å². The molecule has 0 aliphatic rings. The molecule has 0 saturated heterocycles. The summed E-state index contributed by atoms with van der Waals surface area (Å²) in [5.41, 5.74) is -0.575. The van der Waals surface area contributed by atoms with Gasteiger partial charge in [0.2, 0.25) is 5.69 Å². The van der Waals surface area contributed by atoms with Crippen molar-refractivity contribution < 1.29 is 26.0 Å². The van der Waals surface area contributed by atoms with E-state index in [1.54, 1.807) is 55.1 Å². The summed E-state index contributed by atoms with van der Waals surface area (Å²) in [5.74, 6) is 0. The maximum absolute atomic E-state index is 14.5. The van der Waals surface area contributed by atoms with E-state index in [-0.39, 0.29) is 27.8 Å². The second-order valence-corrected chi connectivity index (χ2v) is 8.78. The van der Waals surface area contributed by atoms with Crippen molar-refractivity contribution in [3.63, 3.8) is 0 Å². The predicted octanol–water partition coefficient (Wildman–Crippen LogP) is 7.16. The molecule has 0 saturated carbocycles. The third-order valence-electron chi connectivity index (χ3n) is 6.20. The number of hydrogen-bond donors (Lipinski definition) is 0. The van der Waals surface area contributed by atoms with Crippen LogP contribution >= 0.6 is 0 Å². The molecule has 0 aliphatic carbocycles. The van der Waals surface area contributed by atoms with Crippen LogP contribution < -0.4 is 4.57 Å². The molecule has 2 heterocycles. The summed E-state index contributed by atoms with van der Waals surface area (Å²) in [6.45, 7) is -1.29. The van der Waals surface area contributed by atoms with E-state index < -0.39 is 25.3 Å². The van der Waals surface area contributed by atoms with Crippen molar-refractivity contribution in [3.8, 4) is 22.4 Å². The lowest BCUT2D eigenvalue weighted by molar-refractivity contribution is -0.660. The van der Waals surface area contributed by atoms with Crippen molar-refractivity contribution in [1.29, 1.82) is 0 Å². The van der Waals surface area contributed by atoms with E-state index in [4.69, 9.17) is 8.22 Å². The van der Waals surface area contributed by atoms with Gasteiger partial charge in [-0.3, -0.25) is 4.98 Å². The first-order valence-corrected chi connectivity index (χ1v) is 10.5. The van der Waals surface area contributed by atoms with Crippen molar-refractivity contribution in [1.82, 2.24) is 4.98 Å². The minimum atomic E-state index is -4.60. The number of aromatic nitrogens is 2. The predicted molar refractivity (Wildman–Crippen MR) is 127 cm³/mol. The van der Waals surface area contributed by atoms with Gasteiger partial charge in [0.25, 0.3) is 0 Å². The monoisotopic (exact) mass is 455 g/mol. The molecule has 2 aromatic heterocycles. The number of fused-ring (bicyclic) bond motifs is 1. The molecule has 4 rings (SSSR count). The first kappa shape index (κ1) is 16.4. The summed E-state index contributed by atoms with van der Waals surface area (Å²) in [6, 6.07) is 12.2. The number of aryl methyl sites for hydroxylation is 4. The van der Waals surface area contributed by atoms with Gasteiger partial charge in [-0.2, -0.15) is 13.2 Å². The molecule has 4 aromatic rings. The van der Waals surface area contributed by atoms with E-state index in [1.807, 2.05) is 0 Å². The van der Waals surface area contributed by atoms with E-state index >= 15 is 0 Å². The fourth-order valence-corrected chi connectivity index (χ4v) is 4.31. The number of pyridine rings is 2. The highest BCUT2D eigenvalue weighted by Crippen LogP contribution is 2.48. The minimum Gasteiger partial charge on any atom is -0.256 e. The molecule has 33 heavy (non-hydrogen) atoms. The van der Waals surface area contributed by atoms with Crippen molar-refractivity contribution >= 4 is 10.9 Å². The maximum Gasteiger partial charge on any atom is 0.397 e. The number of benzene rings is 2. The Kier molecular flexibility index (Phi) is 3.97. The van der Waals surface area contributed by atoms with Gasteiger partial charge >= 0.3 is 6.18 Å². The van der Waals surface area contributed by atoms with Crippen LogP contribution in [-0.4, -0.2) is 11.2 Å². The lowest BCUT2D eigenvalue weighted by Crippen LogP contribution is -2.38. The molecule has 0 fully saturated rings. The van der Waals surface area contributed by atoms with Crippen LogP contribution in [0.5, 0.6) is 0 Å². The summed E-state index contributed by atoms with van der Waals surface area (Å²) >= 11 is 0. The standard InChI is InChI=1S/C28H28F3N2/c1-17-9-7-10-18(2)24(17)20-12-14-33(6)23(16-20)25-19(3)15-22-21(11-8-13-32-22)26(25)27(4,5)28(29,30)31/h7-16H,1-6H3/q+1/i1D3,2D3. The zero-order valence-electron chi connectivity index (χ0n) is 24.8. The molecular formula is C28H28F3N2+. The second-order valence-electron chi connectivity index (χ2n) is 8.78. The topological polar surface area (TPSA) is 16.8 Å². The molecule has 2 aromatic carbocycles. The zero-order valence-corrected chi connectivity index (χ0v) is 18.8. The first-order chi connectivity index (χ1) is 17.9. The van der Waals surface area contributed by atoms with Crippen LogP contribution in [0, 0.1) is 20.6 Å². The Morgan fingerprint density at radius 1 is 0.909 bits per heavy atom. The van der Waals surface area contributed by atoms with Crippen molar-refractivity contribution in [2.75, 3.05) is 0 Å². The summed E-state index contributed by atoms with van der Waals surface area (Å²) < 4.78 is 93.5. The Bertz CT molecular complexity index is 1540. The van der Waals surface area contributed by atoms with Crippen molar-refractivity contribution in [2.45, 2.75) is 46.1 Å². The van der Waals surface area contributed by atoms with Gasteiger partial charge in [0.1, 0.15) is 7.05 Å². The first-order valence-electron chi connectivity index (χ1n) is 13.5. The van der Waals surface area contributed by atoms with Gasteiger partial charge in [-0.1, -0.05) is 24.3 Å². The van der Waals surface area contributed by atoms with Crippen LogP contribution in [-0.2, 0) is 12.5 Å². The summed E-state index contributed by atoms with van der Waals surface area (Å²) in [7, 11) is 1.68. The molecule has 170 valence electrons. The SMILES string of the molecule is [2H]C([2H])([2H])c1cccc(C([2H])([2H])[2H])c1-c1cc[n+](C)c(-c2c(C)cc3ncccc3c2C(C)(C)C(F)(F)F)c1. The molecule has 0 bridgehead atoms. The van der Waals surface area contributed by atoms with Gasteiger partial charge in [-0.25, -0.2) is 4.57 Å². The largest absolute Gasteiger partial charge is 0.397 e. The maximum atomic E-state index is 14.5. The molecule has 0 spiro atoms. The molecule has 0 amide bonds. The molecule has 0 radical (unpaired) electrons. The zero-order chi connectivity index (χ0) is 29.1. The molecule has 0 N–H and O–H groups in total. The average Bonchev–Trinajstić information content (AvgIpc) is 2.81. The van der Waals surface area contributed by atoms with Gasteiger partial charge in [-0.05, 0) is 80.0 Å². The van der Waals surface area contributed by atoms with E-state index in [2.05, 4.69) is 4.98 Å². The van der Waals surface area contributed by atoms with Gasteiger partial charge in [0.05, 0.1) is 16.5 Å². The van der Waals surface area contributed by atoms with Crippen LogP contribution in [0.15, 0.2) is 60.9 Å². The highest BCUT2D eigenvalue weighted by molar-refractivity contribution is 5.92. The molecule has 0 atom stereocenters. The van der Waals surface area contributed by atoms with Gasteiger partial charge in [0.15, 0.2) is 6.20 Å². The fourth-order valence-electron chi connectivity index (χ4n) is 4.31. The summed E-state index contributed by atoms with van der Waals surface area (Å²) in [6.07, 6.45) is -1.48. The summed E-state index contributed by atoms with van der Waals surface area (Å²) in [5, 5.41) is 0.344.